The van der Waals surface area contributed by atoms with Crippen LogP contribution in [0.25, 0.3) is 16.5 Å². The van der Waals surface area contributed by atoms with Gasteiger partial charge in [-0.1, -0.05) is 18.2 Å². The molecule has 2 heterocycles. The van der Waals surface area contributed by atoms with Gasteiger partial charge in [0.2, 0.25) is 5.91 Å². The van der Waals surface area contributed by atoms with E-state index >= 15 is 0 Å². The summed E-state index contributed by atoms with van der Waals surface area (Å²) in [5.41, 5.74) is 0.600. The van der Waals surface area contributed by atoms with Crippen LogP contribution in [-0.2, 0) is 9.59 Å². The molecule has 1 saturated heterocycles. The molecule has 3 rings (SSSR count). The maximum atomic E-state index is 13.8. The van der Waals surface area contributed by atoms with Crippen LogP contribution in [0, 0.1) is 5.82 Å². The number of amides is 1. The molecule has 0 bridgehead atoms. The maximum Gasteiger partial charge on any atom is 0.490 e. The molecule has 5 nitrogen and oxygen atoms in total. The van der Waals surface area contributed by atoms with Gasteiger partial charge in [0.05, 0.1) is 0 Å². The molecule has 0 spiro atoms. The van der Waals surface area contributed by atoms with E-state index in [4.69, 9.17) is 9.90 Å². The van der Waals surface area contributed by atoms with Crippen LogP contribution in [-0.4, -0.2) is 66.2 Å². The van der Waals surface area contributed by atoms with Gasteiger partial charge >= 0.3 is 12.1 Å². The van der Waals surface area contributed by atoms with Crippen molar-refractivity contribution < 1.29 is 32.3 Å². The van der Waals surface area contributed by atoms with E-state index in [0.29, 0.717) is 5.56 Å². The van der Waals surface area contributed by atoms with Gasteiger partial charge in [0.25, 0.3) is 0 Å². The fraction of sp³-hybridized carbons (Fsp3) is 0.300. The predicted octanol–water partition coefficient (Wildman–Crippen LogP) is 3.97. The monoisotopic (exact) mass is 444 g/mol. The van der Waals surface area contributed by atoms with Gasteiger partial charge in [0.15, 0.2) is 0 Å². The number of carbonyl (C=O) groups is 2. The predicted molar refractivity (Wildman–Crippen MR) is 107 cm³/mol. The highest BCUT2D eigenvalue weighted by atomic mass is 32.1. The highest BCUT2D eigenvalue weighted by Gasteiger charge is 2.38. The number of halogens is 4. The SMILES string of the molecule is CN1CCN(C(=O)/C=C/c2ccc(-c3ccccc3F)s2)CC1.O=C(O)C(F)(F)F. The minimum Gasteiger partial charge on any atom is -0.475 e. The van der Waals surface area contributed by atoms with Gasteiger partial charge in [-0.2, -0.15) is 13.2 Å². The van der Waals surface area contributed by atoms with E-state index in [2.05, 4.69) is 11.9 Å². The Labute approximate surface area is 174 Å². The summed E-state index contributed by atoms with van der Waals surface area (Å²) in [6.07, 6.45) is -1.65. The molecular formula is C20H20F4N2O3S. The normalized spacial score (nSPS) is 15.0. The molecule has 2 aromatic rings. The Kier molecular flexibility index (Phi) is 8.13. The minimum absolute atomic E-state index is 0.0407. The van der Waals surface area contributed by atoms with Crippen LogP contribution < -0.4 is 0 Å². The van der Waals surface area contributed by atoms with Crippen LogP contribution in [0.5, 0.6) is 0 Å². The second-order valence-electron chi connectivity index (χ2n) is 6.45. The number of piperazine rings is 1. The van der Waals surface area contributed by atoms with Crippen molar-refractivity contribution in [3.63, 3.8) is 0 Å². The van der Waals surface area contributed by atoms with Crippen molar-refractivity contribution in [1.29, 1.82) is 0 Å². The van der Waals surface area contributed by atoms with Crippen molar-refractivity contribution in [2.24, 2.45) is 0 Å². The Morgan fingerprint density at radius 3 is 2.23 bits per heavy atom. The Bertz CT molecular complexity index is 903. The number of nitrogens with zero attached hydrogens (tertiary/aromatic N) is 2. The fourth-order valence-electron chi connectivity index (χ4n) is 2.53. The Balaban J connectivity index is 0.000000396. The quantitative estimate of drug-likeness (QED) is 0.575. The van der Waals surface area contributed by atoms with Gasteiger partial charge in [-0.3, -0.25) is 4.79 Å². The van der Waals surface area contributed by atoms with Gasteiger partial charge in [-0.15, -0.1) is 11.3 Å². The first-order chi connectivity index (χ1) is 14.1. The molecule has 1 amide bonds. The Hall–Kier alpha value is -2.72. The molecule has 0 radical (unpaired) electrons. The van der Waals surface area contributed by atoms with Gasteiger partial charge in [0.1, 0.15) is 5.82 Å². The number of carboxylic acid groups (broad SMARTS) is 1. The molecule has 162 valence electrons. The number of carbonyl (C=O) groups excluding carboxylic acids is 1. The van der Waals surface area contributed by atoms with E-state index in [1.54, 1.807) is 18.2 Å². The summed E-state index contributed by atoms with van der Waals surface area (Å²) in [5.74, 6) is -2.94. The number of alkyl halides is 3. The van der Waals surface area contributed by atoms with Crippen molar-refractivity contribution in [2.45, 2.75) is 6.18 Å². The van der Waals surface area contributed by atoms with Crippen molar-refractivity contribution >= 4 is 29.3 Å². The molecule has 1 aromatic heterocycles. The van der Waals surface area contributed by atoms with Crippen molar-refractivity contribution in [3.05, 3.63) is 53.2 Å². The second kappa shape index (κ2) is 10.4. The lowest BCUT2D eigenvalue weighted by Crippen LogP contribution is -2.46. The zero-order chi connectivity index (χ0) is 22.3. The zero-order valence-electron chi connectivity index (χ0n) is 16.0. The first-order valence-corrected chi connectivity index (χ1v) is 9.70. The lowest BCUT2D eigenvalue weighted by molar-refractivity contribution is -0.192. The van der Waals surface area contributed by atoms with Gasteiger partial charge < -0.3 is 14.9 Å². The van der Waals surface area contributed by atoms with E-state index in [0.717, 1.165) is 35.9 Å². The van der Waals surface area contributed by atoms with E-state index < -0.39 is 12.1 Å². The summed E-state index contributed by atoms with van der Waals surface area (Å²) in [6, 6.07) is 10.5. The number of hydrogen-bond acceptors (Lipinski definition) is 4. The standard InChI is InChI=1S/C18H19FN2OS.C2HF3O2/c1-20-10-12-21(13-11-20)18(22)9-7-14-6-8-17(23-14)15-4-2-3-5-16(15)19;3-2(4,5)1(6)7/h2-9H,10-13H2,1H3;(H,6,7)/b9-7+;. The van der Waals surface area contributed by atoms with Crippen molar-refractivity contribution in [2.75, 3.05) is 33.2 Å². The molecule has 0 atom stereocenters. The average molecular weight is 444 g/mol. The molecular weight excluding hydrogens is 424 g/mol. The molecule has 30 heavy (non-hydrogen) atoms. The van der Waals surface area contributed by atoms with Crippen LogP contribution in [0.15, 0.2) is 42.5 Å². The first-order valence-electron chi connectivity index (χ1n) is 8.88. The number of hydrogen-bond donors (Lipinski definition) is 1. The van der Waals surface area contributed by atoms with E-state index in [9.17, 15) is 22.4 Å². The van der Waals surface area contributed by atoms with Gasteiger partial charge in [0, 0.05) is 47.6 Å². The summed E-state index contributed by atoms with van der Waals surface area (Å²) < 4.78 is 45.5. The van der Waals surface area contributed by atoms with Crippen molar-refractivity contribution in [1.82, 2.24) is 9.80 Å². The van der Waals surface area contributed by atoms with Gasteiger partial charge in [-0.05, 0) is 31.3 Å². The number of thiophene rings is 1. The van der Waals surface area contributed by atoms with Crippen LogP contribution in [0.4, 0.5) is 17.6 Å². The fourth-order valence-corrected chi connectivity index (χ4v) is 3.47. The molecule has 1 fully saturated rings. The first kappa shape index (κ1) is 23.6. The topological polar surface area (TPSA) is 60.9 Å². The lowest BCUT2D eigenvalue weighted by Gasteiger charge is -2.31. The average Bonchev–Trinajstić information content (AvgIpc) is 3.15. The summed E-state index contributed by atoms with van der Waals surface area (Å²) >= 11 is 1.48. The summed E-state index contributed by atoms with van der Waals surface area (Å²) in [4.78, 5) is 27.0. The van der Waals surface area contributed by atoms with E-state index in [-0.39, 0.29) is 11.7 Å². The minimum atomic E-state index is -5.08. The molecule has 0 unspecified atom stereocenters. The molecule has 1 N–H and O–H groups in total. The number of aliphatic carboxylic acids is 1. The largest absolute Gasteiger partial charge is 0.490 e. The highest BCUT2D eigenvalue weighted by Crippen LogP contribution is 2.30. The lowest BCUT2D eigenvalue weighted by atomic mass is 10.2. The van der Waals surface area contributed by atoms with E-state index in [1.807, 2.05) is 29.2 Å². The number of carboxylic acids is 1. The molecule has 1 aliphatic heterocycles. The summed E-state index contributed by atoms with van der Waals surface area (Å²) in [5, 5.41) is 7.12. The number of rotatable bonds is 3. The second-order valence-corrected chi connectivity index (χ2v) is 7.56. The van der Waals surface area contributed by atoms with Crippen LogP contribution >= 0.6 is 11.3 Å². The summed E-state index contributed by atoms with van der Waals surface area (Å²) in [6.45, 7) is 3.36. The molecule has 1 aromatic carbocycles. The highest BCUT2D eigenvalue weighted by molar-refractivity contribution is 7.16. The van der Waals surface area contributed by atoms with Gasteiger partial charge in [-0.25, -0.2) is 9.18 Å². The number of likely N-dealkylation sites (N-methyl/N-ethyl adjacent to an activating group) is 1. The zero-order valence-corrected chi connectivity index (χ0v) is 16.8. The van der Waals surface area contributed by atoms with E-state index in [1.165, 1.54) is 17.4 Å². The third-order valence-electron chi connectivity index (χ3n) is 4.21. The molecule has 0 aliphatic carbocycles. The Morgan fingerprint density at radius 1 is 1.07 bits per heavy atom. The third kappa shape index (κ3) is 6.96. The summed E-state index contributed by atoms with van der Waals surface area (Å²) in [7, 11) is 2.06. The van der Waals surface area contributed by atoms with Crippen LogP contribution in [0.1, 0.15) is 4.88 Å². The molecule has 1 aliphatic rings. The van der Waals surface area contributed by atoms with Crippen LogP contribution in [0.3, 0.4) is 0 Å². The Morgan fingerprint density at radius 2 is 1.67 bits per heavy atom. The maximum absolute atomic E-state index is 13.8. The number of benzene rings is 1. The molecule has 0 saturated carbocycles. The third-order valence-corrected chi connectivity index (χ3v) is 5.30. The smallest absolute Gasteiger partial charge is 0.475 e. The van der Waals surface area contributed by atoms with Crippen molar-refractivity contribution in [3.8, 4) is 10.4 Å². The van der Waals surface area contributed by atoms with Crippen LogP contribution in [0.2, 0.25) is 0 Å². The molecule has 10 heteroatoms.